The lowest BCUT2D eigenvalue weighted by Gasteiger charge is -2.20. The Morgan fingerprint density at radius 3 is 2.67 bits per heavy atom. The molecule has 5 heteroatoms. The molecule has 106 valence electrons. The molecule has 1 heterocycles. The number of pyridine rings is 1. The van der Waals surface area contributed by atoms with Gasteiger partial charge in [-0.15, -0.1) is 0 Å². The average molecular weight is 318 g/mol. The lowest BCUT2D eigenvalue weighted by molar-refractivity contribution is 0.641. The van der Waals surface area contributed by atoms with Crippen molar-refractivity contribution >= 4 is 34.0 Å². The van der Waals surface area contributed by atoms with Gasteiger partial charge in [-0.2, -0.15) is 0 Å². The van der Waals surface area contributed by atoms with E-state index in [0.29, 0.717) is 10.0 Å². The van der Waals surface area contributed by atoms with Crippen LogP contribution in [0, 0.1) is 0 Å². The predicted molar refractivity (Wildman–Crippen MR) is 87.4 cm³/mol. The summed E-state index contributed by atoms with van der Waals surface area (Å²) in [6, 6.07) is 13.2. The largest absolute Gasteiger partial charge is 0.271 e. The fraction of sp³-hybridized carbons (Fsp3) is 0.0625. The number of nitrogens with zero attached hydrogens (tertiary/aromatic N) is 1. The molecular weight excluding hydrogens is 305 g/mol. The summed E-state index contributed by atoms with van der Waals surface area (Å²) in [6.07, 6.45) is 3.60. The average Bonchev–Trinajstić information content (AvgIpc) is 2.50. The number of halogens is 2. The minimum atomic E-state index is -0.221. The summed E-state index contributed by atoms with van der Waals surface area (Å²) >= 11 is 12.3. The van der Waals surface area contributed by atoms with E-state index in [0.717, 1.165) is 21.9 Å². The molecule has 21 heavy (non-hydrogen) atoms. The molecular formula is C16H13Cl2N3. The van der Waals surface area contributed by atoms with Crippen molar-refractivity contribution in [3.05, 3.63) is 76.0 Å². The number of benzene rings is 2. The van der Waals surface area contributed by atoms with Crippen molar-refractivity contribution in [3.63, 3.8) is 0 Å². The van der Waals surface area contributed by atoms with E-state index in [1.165, 1.54) is 0 Å². The van der Waals surface area contributed by atoms with Crippen LogP contribution in [0.5, 0.6) is 0 Å². The third-order valence-electron chi connectivity index (χ3n) is 3.47. The van der Waals surface area contributed by atoms with E-state index in [2.05, 4.69) is 10.4 Å². The summed E-state index contributed by atoms with van der Waals surface area (Å²) in [7, 11) is 0. The second kappa shape index (κ2) is 6.00. The first kappa shape index (κ1) is 14.3. The SMILES string of the molecule is NNC(c1ccc(Cl)cc1Cl)c1cccc2cnccc12. The summed E-state index contributed by atoms with van der Waals surface area (Å²) in [6.45, 7) is 0. The van der Waals surface area contributed by atoms with Crippen LogP contribution in [0.2, 0.25) is 10.0 Å². The van der Waals surface area contributed by atoms with Crippen LogP contribution in [0.4, 0.5) is 0 Å². The van der Waals surface area contributed by atoms with Crippen LogP contribution < -0.4 is 11.3 Å². The third kappa shape index (κ3) is 2.74. The molecule has 0 aliphatic carbocycles. The molecule has 1 atom stereocenters. The van der Waals surface area contributed by atoms with Gasteiger partial charge in [0.15, 0.2) is 0 Å². The van der Waals surface area contributed by atoms with Crippen LogP contribution in [0.3, 0.4) is 0 Å². The van der Waals surface area contributed by atoms with Crippen LogP contribution in [0.1, 0.15) is 17.2 Å². The van der Waals surface area contributed by atoms with E-state index < -0.39 is 0 Å². The Bertz CT molecular complexity index is 784. The van der Waals surface area contributed by atoms with E-state index in [4.69, 9.17) is 29.0 Å². The number of rotatable bonds is 3. The van der Waals surface area contributed by atoms with Gasteiger partial charge in [-0.3, -0.25) is 10.8 Å². The van der Waals surface area contributed by atoms with E-state index in [-0.39, 0.29) is 6.04 Å². The summed E-state index contributed by atoms with van der Waals surface area (Å²) in [5.41, 5.74) is 4.76. The highest BCUT2D eigenvalue weighted by molar-refractivity contribution is 6.35. The Labute approximate surface area is 132 Å². The molecule has 2 aromatic carbocycles. The molecule has 0 aliphatic heterocycles. The molecule has 0 saturated heterocycles. The van der Waals surface area contributed by atoms with Gasteiger partial charge in [0.1, 0.15) is 0 Å². The van der Waals surface area contributed by atoms with Crippen molar-refractivity contribution < 1.29 is 0 Å². The molecule has 0 spiro atoms. The Hall–Kier alpha value is -1.65. The van der Waals surface area contributed by atoms with Gasteiger partial charge in [-0.05, 0) is 34.7 Å². The zero-order valence-corrected chi connectivity index (χ0v) is 12.6. The van der Waals surface area contributed by atoms with E-state index in [9.17, 15) is 0 Å². The van der Waals surface area contributed by atoms with Crippen molar-refractivity contribution in [1.29, 1.82) is 0 Å². The number of nitrogens with one attached hydrogen (secondary N) is 1. The van der Waals surface area contributed by atoms with Gasteiger partial charge in [0.2, 0.25) is 0 Å². The van der Waals surface area contributed by atoms with Crippen LogP contribution in [0.25, 0.3) is 10.8 Å². The monoisotopic (exact) mass is 317 g/mol. The van der Waals surface area contributed by atoms with Gasteiger partial charge in [0.05, 0.1) is 6.04 Å². The van der Waals surface area contributed by atoms with Crippen LogP contribution >= 0.6 is 23.2 Å². The maximum absolute atomic E-state index is 6.31. The topological polar surface area (TPSA) is 50.9 Å². The molecule has 1 aromatic heterocycles. The van der Waals surface area contributed by atoms with Crippen LogP contribution in [0.15, 0.2) is 54.9 Å². The zero-order valence-electron chi connectivity index (χ0n) is 11.1. The smallest absolute Gasteiger partial charge is 0.0730 e. The first-order valence-corrected chi connectivity index (χ1v) is 7.20. The second-order valence-corrected chi connectivity index (χ2v) is 5.55. The fourth-order valence-corrected chi connectivity index (χ4v) is 3.00. The first-order chi connectivity index (χ1) is 10.2. The van der Waals surface area contributed by atoms with E-state index in [1.807, 2.05) is 36.5 Å². The van der Waals surface area contributed by atoms with Gasteiger partial charge in [-0.25, -0.2) is 5.43 Å². The molecule has 3 aromatic rings. The maximum Gasteiger partial charge on any atom is 0.0730 e. The highest BCUT2D eigenvalue weighted by Crippen LogP contribution is 2.33. The third-order valence-corrected chi connectivity index (χ3v) is 4.03. The number of fused-ring (bicyclic) bond motifs is 1. The molecule has 3 N–H and O–H groups in total. The molecule has 3 rings (SSSR count). The number of aromatic nitrogens is 1. The highest BCUT2D eigenvalue weighted by Gasteiger charge is 2.18. The van der Waals surface area contributed by atoms with Gasteiger partial charge < -0.3 is 0 Å². The van der Waals surface area contributed by atoms with E-state index in [1.54, 1.807) is 18.3 Å². The van der Waals surface area contributed by atoms with Gasteiger partial charge >= 0.3 is 0 Å². The molecule has 0 bridgehead atoms. The van der Waals surface area contributed by atoms with Crippen molar-refractivity contribution in [1.82, 2.24) is 10.4 Å². The van der Waals surface area contributed by atoms with Gasteiger partial charge in [0, 0.05) is 27.8 Å². The lowest BCUT2D eigenvalue weighted by atomic mass is 9.95. The molecule has 0 aliphatic rings. The minimum absolute atomic E-state index is 0.221. The Morgan fingerprint density at radius 1 is 1.05 bits per heavy atom. The molecule has 0 amide bonds. The second-order valence-electron chi connectivity index (χ2n) is 4.71. The Balaban J connectivity index is 2.18. The standard InChI is InChI=1S/C16H13Cl2N3/c17-11-4-5-14(15(18)8-11)16(21-19)13-3-1-2-10-9-20-7-6-12(10)13/h1-9,16,21H,19H2. The summed E-state index contributed by atoms with van der Waals surface area (Å²) in [4.78, 5) is 4.15. The normalized spacial score (nSPS) is 12.5. The van der Waals surface area contributed by atoms with E-state index >= 15 is 0 Å². The fourth-order valence-electron chi connectivity index (χ4n) is 2.48. The minimum Gasteiger partial charge on any atom is -0.271 e. The maximum atomic E-state index is 6.31. The zero-order chi connectivity index (χ0) is 14.8. The van der Waals surface area contributed by atoms with Gasteiger partial charge in [0.25, 0.3) is 0 Å². The highest BCUT2D eigenvalue weighted by atomic mass is 35.5. The number of nitrogens with two attached hydrogens (primary N) is 1. The first-order valence-electron chi connectivity index (χ1n) is 6.44. The lowest BCUT2D eigenvalue weighted by Crippen LogP contribution is -2.29. The number of hydrogen-bond acceptors (Lipinski definition) is 3. The van der Waals surface area contributed by atoms with Crippen LogP contribution in [-0.4, -0.2) is 4.98 Å². The molecule has 0 fully saturated rings. The van der Waals surface area contributed by atoms with Crippen molar-refractivity contribution in [3.8, 4) is 0 Å². The molecule has 1 unspecified atom stereocenters. The van der Waals surface area contributed by atoms with Gasteiger partial charge in [-0.1, -0.05) is 47.5 Å². The Kier molecular flexibility index (Phi) is 4.08. The van der Waals surface area contributed by atoms with Crippen molar-refractivity contribution in [2.75, 3.05) is 0 Å². The summed E-state index contributed by atoms with van der Waals surface area (Å²) < 4.78 is 0. The number of hydrazine groups is 1. The summed E-state index contributed by atoms with van der Waals surface area (Å²) in [5.74, 6) is 5.78. The van der Waals surface area contributed by atoms with Crippen LogP contribution in [-0.2, 0) is 0 Å². The molecule has 0 saturated carbocycles. The molecule has 3 nitrogen and oxygen atoms in total. The quantitative estimate of drug-likeness (QED) is 0.565. The Morgan fingerprint density at radius 2 is 1.90 bits per heavy atom. The summed E-state index contributed by atoms with van der Waals surface area (Å²) in [5, 5.41) is 3.32. The number of hydrogen-bond donors (Lipinski definition) is 2. The predicted octanol–water partition coefficient (Wildman–Crippen LogP) is 4.09. The van der Waals surface area contributed by atoms with Crippen molar-refractivity contribution in [2.24, 2.45) is 5.84 Å². The molecule has 0 radical (unpaired) electrons. The van der Waals surface area contributed by atoms with Crippen molar-refractivity contribution in [2.45, 2.75) is 6.04 Å².